The Morgan fingerprint density at radius 2 is 1.81 bits per heavy atom. The van der Waals surface area contributed by atoms with E-state index in [-0.39, 0.29) is 0 Å². The van der Waals surface area contributed by atoms with Crippen LogP contribution in [0.15, 0.2) is 36.5 Å². The molecule has 0 spiro atoms. The number of hydrogen-bond acceptors (Lipinski definition) is 4. The predicted molar refractivity (Wildman–Crippen MR) is 98.2 cm³/mol. The van der Waals surface area contributed by atoms with Crippen molar-refractivity contribution in [2.24, 2.45) is 5.73 Å². The number of aliphatic carboxylic acids is 2. The highest BCUT2D eigenvalue weighted by molar-refractivity contribution is 5.93. The first-order valence-corrected chi connectivity index (χ1v) is 7.64. The molecule has 0 saturated heterocycles. The van der Waals surface area contributed by atoms with E-state index >= 15 is 0 Å². The smallest absolute Gasteiger partial charge is 0.328 e. The second kappa shape index (κ2) is 9.84. The van der Waals surface area contributed by atoms with E-state index in [1.165, 1.54) is 5.56 Å². The van der Waals surface area contributed by atoms with E-state index in [0.29, 0.717) is 12.2 Å². The van der Waals surface area contributed by atoms with E-state index in [9.17, 15) is 14.4 Å². The molecule has 0 unspecified atom stereocenters. The normalized spacial score (nSPS) is 10.6. The number of likely N-dealkylation sites (N-methyl/N-ethyl adjacent to an activating group) is 1. The van der Waals surface area contributed by atoms with Crippen LogP contribution in [0.3, 0.4) is 0 Å². The zero-order valence-corrected chi connectivity index (χ0v) is 14.5. The monoisotopic (exact) mass is 362 g/mol. The highest BCUT2D eigenvalue weighted by Gasteiger charge is 2.06. The number of carbonyl (C=O) groups excluding carboxylic acids is 1. The molecular formula is C17H22N4O5. The molecule has 0 aliphatic heterocycles. The molecule has 1 aromatic heterocycles. The largest absolute Gasteiger partial charge is 0.478 e. The molecule has 2 aromatic rings. The van der Waals surface area contributed by atoms with Gasteiger partial charge in [0.15, 0.2) is 0 Å². The molecule has 1 aromatic carbocycles. The quantitative estimate of drug-likeness (QED) is 0.491. The highest BCUT2D eigenvalue weighted by Crippen LogP contribution is 2.22. The maximum Gasteiger partial charge on any atom is 0.328 e. The van der Waals surface area contributed by atoms with Gasteiger partial charge in [-0.3, -0.25) is 0 Å². The summed E-state index contributed by atoms with van der Waals surface area (Å²) in [6.45, 7) is 0.987. The molecule has 140 valence electrons. The summed E-state index contributed by atoms with van der Waals surface area (Å²) < 4.78 is 0. The molecule has 0 aliphatic rings. The van der Waals surface area contributed by atoms with Gasteiger partial charge in [0.1, 0.15) is 0 Å². The molecule has 6 N–H and O–H groups in total. The Bertz CT molecular complexity index is 795. The van der Waals surface area contributed by atoms with Crippen LogP contribution in [-0.2, 0) is 16.0 Å². The first-order valence-electron chi connectivity index (χ1n) is 7.64. The summed E-state index contributed by atoms with van der Waals surface area (Å²) in [6, 6.07) is 5.18. The Hall–Kier alpha value is -3.33. The van der Waals surface area contributed by atoms with Crippen LogP contribution in [0.25, 0.3) is 10.9 Å². The molecule has 0 radical (unpaired) electrons. The number of H-pyrrole nitrogens is 1. The molecule has 0 fully saturated rings. The lowest BCUT2D eigenvalue weighted by molar-refractivity contribution is -0.134. The molecule has 0 bridgehead atoms. The lowest BCUT2D eigenvalue weighted by Gasteiger charge is -2.08. The first kappa shape index (κ1) is 20.7. The molecule has 1 heterocycles. The van der Waals surface area contributed by atoms with Crippen LogP contribution in [0.5, 0.6) is 0 Å². The van der Waals surface area contributed by atoms with Crippen molar-refractivity contribution >= 4 is 34.6 Å². The van der Waals surface area contributed by atoms with Gasteiger partial charge >= 0.3 is 18.0 Å². The van der Waals surface area contributed by atoms with E-state index in [1.807, 2.05) is 24.4 Å². The average molecular weight is 362 g/mol. The Morgan fingerprint density at radius 1 is 1.19 bits per heavy atom. The van der Waals surface area contributed by atoms with Crippen LogP contribution in [0.2, 0.25) is 0 Å². The van der Waals surface area contributed by atoms with Crippen LogP contribution in [-0.4, -0.2) is 58.7 Å². The predicted octanol–water partition coefficient (Wildman–Crippen LogP) is 1.47. The summed E-state index contributed by atoms with van der Waals surface area (Å²) in [5.74, 6) is -2.51. The van der Waals surface area contributed by atoms with Gasteiger partial charge in [-0.2, -0.15) is 0 Å². The standard InChI is InChI=1S/C13H18N4O.C4H4O4/c1-17(2)6-5-9-8-15-12-4-3-10(7-11(9)12)16-13(14)18;5-3(6)1-2-4(7)8/h3-4,7-8,15H,5-6H2,1-2H3,(H3,14,16,18);1-2H,(H,5,6)(H,7,8). The summed E-state index contributed by atoms with van der Waals surface area (Å²) in [7, 11) is 4.10. The molecule has 0 atom stereocenters. The van der Waals surface area contributed by atoms with Crippen LogP contribution >= 0.6 is 0 Å². The number of primary amides is 1. The minimum Gasteiger partial charge on any atom is -0.478 e. The molecule has 2 amide bonds. The topological polar surface area (TPSA) is 149 Å². The van der Waals surface area contributed by atoms with Crippen molar-refractivity contribution in [3.8, 4) is 0 Å². The molecule has 9 nitrogen and oxygen atoms in total. The highest BCUT2D eigenvalue weighted by atomic mass is 16.4. The van der Waals surface area contributed by atoms with Crippen molar-refractivity contribution in [2.75, 3.05) is 26.0 Å². The van der Waals surface area contributed by atoms with Crippen molar-refractivity contribution in [2.45, 2.75) is 6.42 Å². The number of nitrogens with zero attached hydrogens (tertiary/aromatic N) is 1. The van der Waals surface area contributed by atoms with Crippen LogP contribution in [0, 0.1) is 0 Å². The van der Waals surface area contributed by atoms with Crippen LogP contribution < -0.4 is 11.1 Å². The molecule has 0 aliphatic carbocycles. The number of hydrogen-bond donors (Lipinski definition) is 5. The third-order valence-electron chi connectivity index (χ3n) is 3.23. The summed E-state index contributed by atoms with van der Waals surface area (Å²) in [5, 5.41) is 19.3. The number of aromatic nitrogens is 1. The van der Waals surface area contributed by atoms with Crippen molar-refractivity contribution in [3.05, 3.63) is 42.1 Å². The fourth-order valence-electron chi connectivity index (χ4n) is 2.09. The fraction of sp³-hybridized carbons (Fsp3) is 0.235. The molecule has 26 heavy (non-hydrogen) atoms. The van der Waals surface area contributed by atoms with Crippen molar-refractivity contribution < 1.29 is 24.6 Å². The number of rotatable bonds is 6. The first-order chi connectivity index (χ1) is 12.2. The van der Waals surface area contributed by atoms with Gasteiger partial charge in [0.25, 0.3) is 0 Å². The minimum atomic E-state index is -1.26. The van der Waals surface area contributed by atoms with E-state index in [1.54, 1.807) is 0 Å². The van der Waals surface area contributed by atoms with Crippen molar-refractivity contribution in [3.63, 3.8) is 0 Å². The summed E-state index contributed by atoms with van der Waals surface area (Å²) >= 11 is 0. The van der Waals surface area contributed by atoms with Gasteiger partial charge in [0.05, 0.1) is 0 Å². The third kappa shape index (κ3) is 7.49. The number of benzene rings is 1. The van der Waals surface area contributed by atoms with Gasteiger partial charge in [-0.25, -0.2) is 14.4 Å². The van der Waals surface area contributed by atoms with Gasteiger partial charge in [0, 0.05) is 41.5 Å². The number of anilines is 1. The second-order valence-electron chi connectivity index (χ2n) is 5.63. The Kier molecular flexibility index (Phi) is 7.84. The van der Waals surface area contributed by atoms with Crippen LogP contribution in [0.4, 0.5) is 10.5 Å². The lowest BCUT2D eigenvalue weighted by atomic mass is 10.1. The number of urea groups is 1. The third-order valence-corrected chi connectivity index (χ3v) is 3.23. The van der Waals surface area contributed by atoms with Crippen molar-refractivity contribution in [1.29, 1.82) is 0 Å². The lowest BCUT2D eigenvalue weighted by Crippen LogP contribution is -2.19. The summed E-state index contributed by atoms with van der Waals surface area (Å²) in [6.07, 6.45) is 4.10. The number of carboxylic acids is 2. The van der Waals surface area contributed by atoms with Crippen molar-refractivity contribution in [1.82, 2.24) is 9.88 Å². The summed E-state index contributed by atoms with van der Waals surface area (Å²) in [4.78, 5) is 35.3. The number of carbonyl (C=O) groups is 3. The average Bonchev–Trinajstić information content (AvgIpc) is 2.93. The van der Waals surface area contributed by atoms with Gasteiger partial charge in [0.2, 0.25) is 0 Å². The number of carboxylic acid groups (broad SMARTS) is 2. The SMILES string of the molecule is CN(C)CCc1c[nH]c2ccc(NC(N)=O)cc12.O=C(O)C=CC(=O)O. The van der Waals surface area contributed by atoms with Gasteiger partial charge in [-0.15, -0.1) is 0 Å². The van der Waals surface area contributed by atoms with E-state index in [2.05, 4.69) is 29.3 Å². The minimum absolute atomic E-state index is 0.542. The number of fused-ring (bicyclic) bond motifs is 1. The number of nitrogens with one attached hydrogen (secondary N) is 2. The fourth-order valence-corrected chi connectivity index (χ4v) is 2.09. The Labute approximate surface area is 150 Å². The zero-order valence-electron chi connectivity index (χ0n) is 14.5. The Morgan fingerprint density at radius 3 is 2.31 bits per heavy atom. The maximum absolute atomic E-state index is 10.8. The van der Waals surface area contributed by atoms with E-state index in [4.69, 9.17) is 15.9 Å². The van der Waals surface area contributed by atoms with Gasteiger partial charge in [-0.05, 0) is 44.3 Å². The Balaban J connectivity index is 0.000000359. The second-order valence-corrected chi connectivity index (χ2v) is 5.63. The van der Waals surface area contributed by atoms with E-state index in [0.717, 1.165) is 29.6 Å². The zero-order chi connectivity index (χ0) is 19.7. The van der Waals surface area contributed by atoms with Gasteiger partial charge in [-0.1, -0.05) is 0 Å². The molecule has 2 rings (SSSR count). The maximum atomic E-state index is 10.8. The summed E-state index contributed by atoms with van der Waals surface area (Å²) in [5.41, 5.74) is 8.15. The van der Waals surface area contributed by atoms with Crippen LogP contribution in [0.1, 0.15) is 5.56 Å². The number of aromatic amines is 1. The molecule has 0 saturated carbocycles. The molecule has 9 heteroatoms. The van der Waals surface area contributed by atoms with E-state index < -0.39 is 18.0 Å². The number of amides is 2. The van der Waals surface area contributed by atoms with Gasteiger partial charge < -0.3 is 31.1 Å². The number of nitrogens with two attached hydrogens (primary N) is 1. The molecular weight excluding hydrogens is 340 g/mol.